The number of rotatable bonds is 12. The van der Waals surface area contributed by atoms with E-state index in [0.717, 1.165) is 55.1 Å². The van der Waals surface area contributed by atoms with Crippen molar-refractivity contribution in [3.8, 4) is 17.2 Å². The van der Waals surface area contributed by atoms with Gasteiger partial charge in [-0.3, -0.25) is 9.36 Å². The van der Waals surface area contributed by atoms with Gasteiger partial charge in [0.1, 0.15) is 23.6 Å². The molecule has 1 saturated heterocycles. The lowest BCUT2D eigenvalue weighted by molar-refractivity contribution is 0.0734. The first-order valence-corrected chi connectivity index (χ1v) is 13.3. The molecule has 9 heteroatoms. The standard InChI is InChI=1S/C30H33FN4O4/c31-23-8-10-26(11-9-23)38-15-3-16-39-27-6-1-5-25(19-27)35-21-34-28-18-22(7-12-29(28)35)30(36)33-13-2-4-24-20-37-17-14-32-24/h1,5-12,18-19,21,24,32H,2-4,13-17,20H2,(H,33,36). The SMILES string of the molecule is O=C(NCCCC1COCCN1)c1ccc2c(c1)ncn2-c1cccc(OCCCOc2ccc(F)cc2)c1. The molecule has 1 aliphatic rings. The molecule has 39 heavy (non-hydrogen) atoms. The van der Waals surface area contributed by atoms with E-state index in [0.29, 0.717) is 43.5 Å². The maximum Gasteiger partial charge on any atom is 0.251 e. The molecule has 5 rings (SSSR count). The summed E-state index contributed by atoms with van der Waals surface area (Å²) in [6, 6.07) is 19.7. The van der Waals surface area contributed by atoms with Gasteiger partial charge < -0.3 is 24.8 Å². The summed E-state index contributed by atoms with van der Waals surface area (Å²) in [5.41, 5.74) is 3.15. The van der Waals surface area contributed by atoms with Gasteiger partial charge in [0.15, 0.2) is 0 Å². The normalized spacial score (nSPS) is 15.3. The quantitative estimate of drug-likeness (QED) is 0.261. The van der Waals surface area contributed by atoms with Crippen molar-refractivity contribution < 1.29 is 23.4 Å². The highest BCUT2D eigenvalue weighted by atomic mass is 19.1. The van der Waals surface area contributed by atoms with Gasteiger partial charge in [-0.2, -0.15) is 0 Å². The number of imidazole rings is 1. The first-order valence-electron chi connectivity index (χ1n) is 13.3. The molecule has 1 aliphatic heterocycles. The zero-order valence-electron chi connectivity index (χ0n) is 21.8. The number of nitrogens with zero attached hydrogens (tertiary/aromatic N) is 2. The molecule has 0 radical (unpaired) electrons. The number of halogens is 1. The number of hydrogen-bond donors (Lipinski definition) is 2. The van der Waals surface area contributed by atoms with Crippen LogP contribution in [0.15, 0.2) is 73.1 Å². The Balaban J connectivity index is 1.12. The molecule has 2 heterocycles. The van der Waals surface area contributed by atoms with Crippen LogP contribution < -0.4 is 20.1 Å². The number of fused-ring (bicyclic) bond motifs is 1. The maximum atomic E-state index is 13.0. The van der Waals surface area contributed by atoms with E-state index in [-0.39, 0.29) is 11.7 Å². The van der Waals surface area contributed by atoms with E-state index < -0.39 is 0 Å². The molecule has 1 fully saturated rings. The predicted octanol–water partition coefficient (Wildman–Crippen LogP) is 4.51. The summed E-state index contributed by atoms with van der Waals surface area (Å²) in [5.74, 6) is 0.987. The summed E-state index contributed by atoms with van der Waals surface area (Å²) in [6.45, 7) is 3.96. The Bertz CT molecular complexity index is 1370. The molecule has 1 amide bonds. The zero-order valence-corrected chi connectivity index (χ0v) is 21.8. The minimum atomic E-state index is -0.285. The lowest BCUT2D eigenvalue weighted by Gasteiger charge is -2.23. The average Bonchev–Trinajstić information content (AvgIpc) is 3.40. The monoisotopic (exact) mass is 532 g/mol. The number of nitrogens with one attached hydrogen (secondary N) is 2. The van der Waals surface area contributed by atoms with E-state index in [1.165, 1.54) is 12.1 Å². The zero-order chi connectivity index (χ0) is 26.9. The largest absolute Gasteiger partial charge is 0.493 e. The minimum absolute atomic E-state index is 0.0990. The van der Waals surface area contributed by atoms with Crippen LogP contribution in [0.1, 0.15) is 29.6 Å². The molecule has 3 aromatic carbocycles. The van der Waals surface area contributed by atoms with E-state index in [4.69, 9.17) is 14.2 Å². The van der Waals surface area contributed by atoms with Crippen molar-refractivity contribution in [3.63, 3.8) is 0 Å². The molecule has 0 saturated carbocycles. The van der Waals surface area contributed by atoms with Crippen molar-refractivity contribution in [1.29, 1.82) is 0 Å². The van der Waals surface area contributed by atoms with E-state index >= 15 is 0 Å². The Kier molecular flexibility index (Phi) is 9.03. The fourth-order valence-electron chi connectivity index (χ4n) is 4.51. The van der Waals surface area contributed by atoms with Gasteiger partial charge in [-0.15, -0.1) is 0 Å². The smallest absolute Gasteiger partial charge is 0.251 e. The van der Waals surface area contributed by atoms with Gasteiger partial charge in [0.25, 0.3) is 5.91 Å². The fourth-order valence-corrected chi connectivity index (χ4v) is 4.51. The lowest BCUT2D eigenvalue weighted by Crippen LogP contribution is -2.41. The second-order valence-corrected chi connectivity index (χ2v) is 9.44. The van der Waals surface area contributed by atoms with Crippen LogP contribution in [0, 0.1) is 5.82 Å². The number of benzene rings is 3. The molecule has 204 valence electrons. The number of morpholine rings is 1. The van der Waals surface area contributed by atoms with Gasteiger partial charge in [-0.1, -0.05) is 6.07 Å². The summed E-state index contributed by atoms with van der Waals surface area (Å²) < 4.78 is 32.0. The van der Waals surface area contributed by atoms with Crippen molar-refractivity contribution in [2.45, 2.75) is 25.3 Å². The third kappa shape index (κ3) is 7.34. The van der Waals surface area contributed by atoms with Crippen LogP contribution in [0.25, 0.3) is 16.7 Å². The van der Waals surface area contributed by atoms with E-state index in [9.17, 15) is 9.18 Å². The molecule has 4 aromatic rings. The highest BCUT2D eigenvalue weighted by Crippen LogP contribution is 2.23. The number of hydrogen-bond acceptors (Lipinski definition) is 6. The van der Waals surface area contributed by atoms with Crippen molar-refractivity contribution in [1.82, 2.24) is 20.2 Å². The first-order chi connectivity index (χ1) is 19.2. The van der Waals surface area contributed by atoms with Crippen LogP contribution in [-0.2, 0) is 4.74 Å². The van der Waals surface area contributed by atoms with Crippen molar-refractivity contribution >= 4 is 16.9 Å². The van der Waals surface area contributed by atoms with Crippen LogP contribution in [0.2, 0.25) is 0 Å². The minimum Gasteiger partial charge on any atom is -0.493 e. The van der Waals surface area contributed by atoms with E-state index in [2.05, 4.69) is 15.6 Å². The van der Waals surface area contributed by atoms with Gasteiger partial charge >= 0.3 is 0 Å². The molecule has 1 aromatic heterocycles. The summed E-state index contributed by atoms with van der Waals surface area (Å²) >= 11 is 0. The molecule has 8 nitrogen and oxygen atoms in total. The van der Waals surface area contributed by atoms with Crippen LogP contribution in [-0.4, -0.2) is 61.0 Å². The molecular formula is C30H33FN4O4. The fraction of sp³-hybridized carbons (Fsp3) is 0.333. The van der Waals surface area contributed by atoms with E-state index in [1.54, 1.807) is 18.5 Å². The molecular weight excluding hydrogens is 499 g/mol. The summed E-state index contributed by atoms with van der Waals surface area (Å²) in [4.78, 5) is 17.2. The van der Waals surface area contributed by atoms with Gasteiger partial charge in [0.2, 0.25) is 0 Å². The number of ether oxygens (including phenoxy) is 3. The Morgan fingerprint density at radius 3 is 2.72 bits per heavy atom. The third-order valence-corrected chi connectivity index (χ3v) is 6.56. The lowest BCUT2D eigenvalue weighted by atomic mass is 10.1. The van der Waals surface area contributed by atoms with Gasteiger partial charge in [0.05, 0.1) is 43.1 Å². The third-order valence-electron chi connectivity index (χ3n) is 6.56. The van der Waals surface area contributed by atoms with Crippen LogP contribution in [0.3, 0.4) is 0 Å². The average molecular weight is 533 g/mol. The summed E-state index contributed by atoms with van der Waals surface area (Å²) in [7, 11) is 0. The number of carbonyl (C=O) groups excluding carboxylic acids is 1. The second kappa shape index (κ2) is 13.2. The van der Waals surface area contributed by atoms with Gasteiger partial charge in [-0.25, -0.2) is 9.37 Å². The molecule has 0 spiro atoms. The molecule has 0 bridgehead atoms. The molecule has 2 N–H and O–H groups in total. The topological polar surface area (TPSA) is 86.6 Å². The van der Waals surface area contributed by atoms with Crippen LogP contribution in [0.4, 0.5) is 4.39 Å². The number of carbonyl (C=O) groups is 1. The maximum absolute atomic E-state index is 13.0. The Hall–Kier alpha value is -3.95. The Morgan fingerprint density at radius 1 is 1.05 bits per heavy atom. The number of amides is 1. The van der Waals surface area contributed by atoms with Crippen molar-refractivity contribution in [2.24, 2.45) is 0 Å². The van der Waals surface area contributed by atoms with Gasteiger partial charge in [-0.05, 0) is 67.4 Å². The molecule has 1 atom stereocenters. The first kappa shape index (κ1) is 26.6. The van der Waals surface area contributed by atoms with Crippen LogP contribution >= 0.6 is 0 Å². The highest BCUT2D eigenvalue weighted by Gasteiger charge is 2.14. The molecule has 1 unspecified atom stereocenters. The van der Waals surface area contributed by atoms with Gasteiger partial charge in [0, 0.05) is 37.2 Å². The Morgan fingerprint density at radius 2 is 1.90 bits per heavy atom. The van der Waals surface area contributed by atoms with Crippen molar-refractivity contribution in [3.05, 3.63) is 84.4 Å². The summed E-state index contributed by atoms with van der Waals surface area (Å²) in [6.07, 6.45) is 4.30. The molecule has 0 aliphatic carbocycles. The Labute approximate surface area is 227 Å². The summed E-state index contributed by atoms with van der Waals surface area (Å²) in [5, 5.41) is 6.44. The predicted molar refractivity (Wildman–Crippen MR) is 147 cm³/mol. The van der Waals surface area contributed by atoms with Crippen LogP contribution in [0.5, 0.6) is 11.5 Å². The second-order valence-electron chi connectivity index (χ2n) is 9.44. The van der Waals surface area contributed by atoms with Crippen molar-refractivity contribution in [2.75, 3.05) is 39.5 Å². The van der Waals surface area contributed by atoms with E-state index in [1.807, 2.05) is 47.0 Å². The number of aromatic nitrogens is 2. The highest BCUT2D eigenvalue weighted by molar-refractivity contribution is 5.97.